The minimum absolute atomic E-state index is 0. The molecule has 3 atom stereocenters. The van der Waals surface area contributed by atoms with E-state index in [0.717, 1.165) is 17.8 Å². The van der Waals surface area contributed by atoms with E-state index in [2.05, 4.69) is 41.2 Å². The van der Waals surface area contributed by atoms with E-state index in [0.29, 0.717) is 12.6 Å². The Morgan fingerprint density at radius 3 is 2.75 bits per heavy atom. The Morgan fingerprint density at radius 2 is 2.15 bits per heavy atom. The molecule has 1 aliphatic rings. The van der Waals surface area contributed by atoms with Crippen molar-refractivity contribution in [1.82, 2.24) is 10.6 Å². The molecule has 20 heavy (non-hydrogen) atoms. The number of hydrogen-bond acceptors (Lipinski definition) is 3. The van der Waals surface area contributed by atoms with E-state index < -0.39 is 0 Å². The summed E-state index contributed by atoms with van der Waals surface area (Å²) < 4.78 is 0. The third-order valence-corrected chi connectivity index (χ3v) is 4.58. The first-order valence-corrected chi connectivity index (χ1v) is 8.51. The molecule has 6 heteroatoms. The molecule has 0 aromatic rings. The van der Waals surface area contributed by atoms with Crippen molar-refractivity contribution in [1.29, 1.82) is 0 Å². The minimum Gasteiger partial charge on any atom is -0.396 e. The lowest BCUT2D eigenvalue weighted by molar-refractivity contribution is 0.241. The number of aliphatic hydroxyl groups is 1. The molecule has 4 nitrogen and oxygen atoms in total. The van der Waals surface area contributed by atoms with Crippen LogP contribution in [0, 0.1) is 5.92 Å². The van der Waals surface area contributed by atoms with Gasteiger partial charge in [0, 0.05) is 31.0 Å². The van der Waals surface area contributed by atoms with E-state index in [-0.39, 0.29) is 36.5 Å². The second-order valence-corrected chi connectivity index (χ2v) is 6.82. The molecule has 120 valence electrons. The molecule has 0 saturated heterocycles. The Balaban J connectivity index is 0.00000361. The molecule has 1 aliphatic carbocycles. The highest BCUT2D eigenvalue weighted by Crippen LogP contribution is 2.29. The van der Waals surface area contributed by atoms with E-state index in [1.807, 2.05) is 6.92 Å². The fourth-order valence-electron chi connectivity index (χ4n) is 2.28. The standard InChI is InChI=1S/C14H29N3OS.HI/c1-4-15-14(16-9-11(3)10-18)17-12-6-7-13(8-12)19-5-2;/h11-13,18H,4-10H2,1-3H3,(H2,15,16,17);1H. The Hall–Kier alpha value is 0.310. The molecule has 1 fully saturated rings. The van der Waals surface area contributed by atoms with Crippen LogP contribution in [0.25, 0.3) is 0 Å². The van der Waals surface area contributed by atoms with Gasteiger partial charge in [-0.25, -0.2) is 0 Å². The van der Waals surface area contributed by atoms with Crippen LogP contribution < -0.4 is 10.6 Å². The normalized spacial score (nSPS) is 24.1. The molecular weight excluding hydrogens is 385 g/mol. The van der Waals surface area contributed by atoms with E-state index in [1.54, 1.807) is 0 Å². The van der Waals surface area contributed by atoms with Gasteiger partial charge in [-0.2, -0.15) is 11.8 Å². The van der Waals surface area contributed by atoms with Crippen LogP contribution in [-0.4, -0.2) is 47.8 Å². The number of nitrogens with one attached hydrogen (secondary N) is 2. The van der Waals surface area contributed by atoms with Crippen molar-refractivity contribution in [2.75, 3.05) is 25.4 Å². The van der Waals surface area contributed by atoms with Gasteiger partial charge in [0.25, 0.3) is 0 Å². The number of halogens is 1. The van der Waals surface area contributed by atoms with Crippen molar-refractivity contribution in [3.05, 3.63) is 0 Å². The Labute approximate surface area is 145 Å². The average molecular weight is 415 g/mol. The van der Waals surface area contributed by atoms with Crippen molar-refractivity contribution in [2.24, 2.45) is 10.9 Å². The van der Waals surface area contributed by atoms with E-state index in [4.69, 9.17) is 5.11 Å². The summed E-state index contributed by atoms with van der Waals surface area (Å²) >= 11 is 2.07. The van der Waals surface area contributed by atoms with Crippen LogP contribution in [0.4, 0.5) is 0 Å². The molecule has 3 N–H and O–H groups in total. The van der Waals surface area contributed by atoms with Crippen LogP contribution >= 0.6 is 35.7 Å². The molecule has 0 aromatic heterocycles. The minimum atomic E-state index is 0. The van der Waals surface area contributed by atoms with Gasteiger partial charge in [0.15, 0.2) is 5.96 Å². The summed E-state index contributed by atoms with van der Waals surface area (Å²) in [6.45, 7) is 8.06. The van der Waals surface area contributed by atoms with Gasteiger partial charge in [0.05, 0.1) is 0 Å². The molecule has 0 aliphatic heterocycles. The maximum Gasteiger partial charge on any atom is 0.191 e. The number of nitrogens with zero attached hydrogens (tertiary/aromatic N) is 1. The fraction of sp³-hybridized carbons (Fsp3) is 0.929. The highest BCUT2D eigenvalue weighted by atomic mass is 127. The van der Waals surface area contributed by atoms with Crippen LogP contribution in [0.15, 0.2) is 4.99 Å². The second-order valence-electron chi connectivity index (χ2n) is 5.24. The predicted octanol–water partition coefficient (Wildman–Crippen LogP) is 2.46. The zero-order valence-electron chi connectivity index (χ0n) is 12.9. The lowest BCUT2D eigenvalue weighted by Gasteiger charge is -2.18. The second kappa shape index (κ2) is 11.9. The van der Waals surface area contributed by atoms with Crippen molar-refractivity contribution in [3.8, 4) is 0 Å². The van der Waals surface area contributed by atoms with Gasteiger partial charge in [0.2, 0.25) is 0 Å². The molecule has 0 spiro atoms. The average Bonchev–Trinajstić information content (AvgIpc) is 2.83. The zero-order chi connectivity index (χ0) is 14.1. The van der Waals surface area contributed by atoms with Crippen molar-refractivity contribution in [3.63, 3.8) is 0 Å². The molecule has 0 bridgehead atoms. The summed E-state index contributed by atoms with van der Waals surface area (Å²) in [5.74, 6) is 2.33. The first-order chi connectivity index (χ1) is 9.19. The lowest BCUT2D eigenvalue weighted by atomic mass is 10.2. The van der Waals surface area contributed by atoms with Gasteiger partial charge in [-0.3, -0.25) is 4.99 Å². The number of hydrogen-bond donors (Lipinski definition) is 3. The first-order valence-electron chi connectivity index (χ1n) is 7.46. The van der Waals surface area contributed by atoms with Gasteiger partial charge in [-0.05, 0) is 37.9 Å². The fourth-order valence-corrected chi connectivity index (χ4v) is 3.42. The van der Waals surface area contributed by atoms with E-state index in [9.17, 15) is 0 Å². The van der Waals surface area contributed by atoms with Crippen LogP contribution in [0.5, 0.6) is 0 Å². The SMILES string of the molecule is CCNC(=NCC(C)CO)NC1CCC(SCC)C1.I. The Kier molecular flexibility index (Phi) is 12.1. The quantitative estimate of drug-likeness (QED) is 0.340. The van der Waals surface area contributed by atoms with E-state index >= 15 is 0 Å². The van der Waals surface area contributed by atoms with Crippen LogP contribution in [-0.2, 0) is 0 Å². The van der Waals surface area contributed by atoms with Crippen LogP contribution in [0.3, 0.4) is 0 Å². The van der Waals surface area contributed by atoms with Crippen LogP contribution in [0.1, 0.15) is 40.0 Å². The van der Waals surface area contributed by atoms with Gasteiger partial charge in [-0.1, -0.05) is 13.8 Å². The summed E-state index contributed by atoms with van der Waals surface area (Å²) in [6, 6.07) is 0.547. The summed E-state index contributed by atoms with van der Waals surface area (Å²) in [5, 5.41) is 16.7. The van der Waals surface area contributed by atoms with Gasteiger partial charge in [-0.15, -0.1) is 24.0 Å². The molecule has 3 unspecified atom stereocenters. The summed E-state index contributed by atoms with van der Waals surface area (Å²) in [7, 11) is 0. The molecule has 0 aromatic carbocycles. The highest BCUT2D eigenvalue weighted by Gasteiger charge is 2.25. The molecule has 0 radical (unpaired) electrons. The largest absolute Gasteiger partial charge is 0.396 e. The Bertz CT molecular complexity index is 279. The molecular formula is C14H30IN3OS. The zero-order valence-corrected chi connectivity index (χ0v) is 16.0. The van der Waals surface area contributed by atoms with Gasteiger partial charge in [0.1, 0.15) is 0 Å². The number of guanidine groups is 1. The number of aliphatic imine (C=N–C) groups is 1. The number of rotatable bonds is 7. The van der Waals surface area contributed by atoms with Crippen molar-refractivity contribution < 1.29 is 5.11 Å². The third-order valence-electron chi connectivity index (χ3n) is 3.34. The molecule has 0 amide bonds. The number of thioether (sulfide) groups is 1. The first kappa shape index (κ1) is 20.3. The maximum absolute atomic E-state index is 9.04. The summed E-state index contributed by atoms with van der Waals surface area (Å²) in [4.78, 5) is 4.55. The van der Waals surface area contributed by atoms with Gasteiger partial charge < -0.3 is 15.7 Å². The molecule has 0 heterocycles. The predicted molar refractivity (Wildman–Crippen MR) is 100 cm³/mol. The molecule has 1 rings (SSSR count). The van der Waals surface area contributed by atoms with Crippen molar-refractivity contribution >= 4 is 41.7 Å². The number of aliphatic hydroxyl groups excluding tert-OH is 1. The summed E-state index contributed by atoms with van der Waals surface area (Å²) in [6.07, 6.45) is 3.78. The Morgan fingerprint density at radius 1 is 1.40 bits per heavy atom. The van der Waals surface area contributed by atoms with Crippen LogP contribution in [0.2, 0.25) is 0 Å². The monoisotopic (exact) mass is 415 g/mol. The molecule has 1 saturated carbocycles. The third kappa shape index (κ3) is 7.93. The maximum atomic E-state index is 9.04. The topological polar surface area (TPSA) is 56.7 Å². The van der Waals surface area contributed by atoms with Crippen molar-refractivity contribution in [2.45, 2.75) is 51.3 Å². The highest BCUT2D eigenvalue weighted by molar-refractivity contribution is 14.0. The van der Waals surface area contributed by atoms with Gasteiger partial charge >= 0.3 is 0 Å². The van der Waals surface area contributed by atoms with E-state index in [1.165, 1.54) is 25.0 Å². The lowest BCUT2D eigenvalue weighted by Crippen LogP contribution is -2.42. The smallest absolute Gasteiger partial charge is 0.191 e. The summed E-state index contributed by atoms with van der Waals surface area (Å²) in [5.41, 5.74) is 0.